The monoisotopic (exact) mass is 295 g/mol. The van der Waals surface area contributed by atoms with Crippen molar-refractivity contribution in [3.63, 3.8) is 0 Å². The minimum atomic E-state index is -0.819. The lowest BCUT2D eigenvalue weighted by atomic mass is 10.1. The Hall–Kier alpha value is -0.460. The zero-order valence-corrected chi connectivity index (χ0v) is 12.2. The van der Waals surface area contributed by atoms with E-state index in [9.17, 15) is 9.59 Å². The van der Waals surface area contributed by atoms with Crippen LogP contribution in [0, 0.1) is 0 Å². The lowest BCUT2D eigenvalue weighted by molar-refractivity contribution is -0.126. The van der Waals surface area contributed by atoms with E-state index in [-0.39, 0.29) is 30.8 Å². The summed E-state index contributed by atoms with van der Waals surface area (Å²) in [6.07, 6.45) is 3.17. The number of primary amides is 1. The Morgan fingerprint density at radius 2 is 2.11 bits per heavy atom. The van der Waals surface area contributed by atoms with Crippen LogP contribution < -0.4 is 16.8 Å². The molecule has 0 bridgehead atoms. The van der Waals surface area contributed by atoms with Crippen molar-refractivity contribution in [3.05, 3.63) is 0 Å². The summed E-state index contributed by atoms with van der Waals surface area (Å²) >= 11 is 1.87. The van der Waals surface area contributed by atoms with Gasteiger partial charge in [0, 0.05) is 11.3 Å². The molecular weight excluding hydrogens is 274 g/mol. The third kappa shape index (κ3) is 5.46. The molecule has 5 N–H and O–H groups in total. The number of thioether (sulfide) groups is 1. The molecule has 0 aromatic rings. The second-order valence-electron chi connectivity index (χ2n) is 4.32. The maximum Gasteiger partial charge on any atom is 0.237 e. The first-order valence-electron chi connectivity index (χ1n) is 6.00. The fourth-order valence-electron chi connectivity index (χ4n) is 2.10. The molecule has 1 fully saturated rings. The van der Waals surface area contributed by atoms with Crippen molar-refractivity contribution in [3.8, 4) is 0 Å². The summed E-state index contributed by atoms with van der Waals surface area (Å²) in [6, 6.07) is -0.633. The average molecular weight is 296 g/mol. The Balaban J connectivity index is 0.00000289. The van der Waals surface area contributed by atoms with Crippen LogP contribution in [0.4, 0.5) is 0 Å². The number of carbonyl (C=O) groups excluding carboxylic acids is 2. The normalized spacial score (nSPS) is 24.1. The molecule has 18 heavy (non-hydrogen) atoms. The predicted octanol–water partition coefficient (Wildman–Crippen LogP) is 0.401. The van der Waals surface area contributed by atoms with E-state index < -0.39 is 11.9 Å². The van der Waals surface area contributed by atoms with Crippen molar-refractivity contribution >= 4 is 36.0 Å². The summed E-state index contributed by atoms with van der Waals surface area (Å²) in [4.78, 5) is 22.4. The van der Waals surface area contributed by atoms with E-state index in [4.69, 9.17) is 11.5 Å². The van der Waals surface area contributed by atoms with Crippen LogP contribution in [0.2, 0.25) is 0 Å². The van der Waals surface area contributed by atoms with Crippen molar-refractivity contribution in [2.24, 2.45) is 11.5 Å². The summed E-state index contributed by atoms with van der Waals surface area (Å²) in [7, 11) is 0. The van der Waals surface area contributed by atoms with Gasteiger partial charge in [-0.05, 0) is 18.6 Å². The second kappa shape index (κ2) is 8.61. The Labute approximate surface area is 118 Å². The number of rotatable bonds is 6. The van der Waals surface area contributed by atoms with Gasteiger partial charge in [0.25, 0.3) is 0 Å². The largest absolute Gasteiger partial charge is 0.370 e. The molecule has 0 aliphatic heterocycles. The molecule has 0 saturated heterocycles. The molecular formula is C11H22ClN3O2S. The summed E-state index contributed by atoms with van der Waals surface area (Å²) in [5.41, 5.74) is 10.6. The average Bonchev–Trinajstić information content (AvgIpc) is 2.65. The van der Waals surface area contributed by atoms with Gasteiger partial charge in [-0.1, -0.05) is 13.3 Å². The van der Waals surface area contributed by atoms with E-state index in [1.54, 1.807) is 0 Å². The van der Waals surface area contributed by atoms with Crippen molar-refractivity contribution in [2.75, 3.05) is 5.75 Å². The lowest BCUT2D eigenvalue weighted by Gasteiger charge is -2.21. The standard InChI is InChI=1S/C11H21N3O2S.ClH/c1-2-17-9-5-3-4-8(9)14-11(16)7(12)6-10(13)15;/h7-9H,2-6,12H2,1H3,(H2,13,15)(H,14,16);1H. The Morgan fingerprint density at radius 3 is 2.67 bits per heavy atom. The van der Waals surface area contributed by atoms with Gasteiger partial charge in [0.15, 0.2) is 0 Å². The topological polar surface area (TPSA) is 98.2 Å². The van der Waals surface area contributed by atoms with Gasteiger partial charge in [-0.3, -0.25) is 9.59 Å². The van der Waals surface area contributed by atoms with E-state index in [1.807, 2.05) is 11.8 Å². The number of nitrogens with two attached hydrogens (primary N) is 2. The Morgan fingerprint density at radius 1 is 1.44 bits per heavy atom. The number of hydrogen-bond acceptors (Lipinski definition) is 4. The van der Waals surface area contributed by atoms with Crippen LogP contribution >= 0.6 is 24.2 Å². The van der Waals surface area contributed by atoms with Gasteiger partial charge in [0.2, 0.25) is 11.8 Å². The molecule has 0 aromatic carbocycles. The Kier molecular flexibility index (Phi) is 8.39. The molecule has 106 valence electrons. The van der Waals surface area contributed by atoms with Crippen LogP contribution in [-0.2, 0) is 9.59 Å². The molecule has 2 amide bonds. The quantitative estimate of drug-likeness (QED) is 0.660. The van der Waals surface area contributed by atoms with Crippen LogP contribution in [0.15, 0.2) is 0 Å². The molecule has 3 unspecified atom stereocenters. The highest BCUT2D eigenvalue weighted by atomic mass is 35.5. The van der Waals surface area contributed by atoms with E-state index in [0.29, 0.717) is 5.25 Å². The SMILES string of the molecule is CCSC1CCCC1NC(=O)C(N)CC(N)=O.Cl. The minimum Gasteiger partial charge on any atom is -0.370 e. The predicted molar refractivity (Wildman–Crippen MR) is 76.7 cm³/mol. The van der Waals surface area contributed by atoms with Crippen LogP contribution in [0.5, 0.6) is 0 Å². The van der Waals surface area contributed by atoms with E-state index in [1.165, 1.54) is 0 Å². The fourth-order valence-corrected chi connectivity index (χ4v) is 3.30. The maximum atomic E-state index is 11.7. The molecule has 1 aliphatic rings. The molecule has 3 atom stereocenters. The van der Waals surface area contributed by atoms with Gasteiger partial charge in [0.05, 0.1) is 12.5 Å². The van der Waals surface area contributed by atoms with Gasteiger partial charge in [-0.15, -0.1) is 12.4 Å². The van der Waals surface area contributed by atoms with Crippen molar-refractivity contribution in [1.82, 2.24) is 5.32 Å². The molecule has 5 nitrogen and oxygen atoms in total. The smallest absolute Gasteiger partial charge is 0.237 e. The zero-order chi connectivity index (χ0) is 12.8. The van der Waals surface area contributed by atoms with E-state index in [2.05, 4.69) is 12.2 Å². The summed E-state index contributed by atoms with van der Waals surface area (Å²) in [6.45, 7) is 2.11. The molecule has 1 rings (SSSR count). The summed E-state index contributed by atoms with van der Waals surface area (Å²) < 4.78 is 0. The minimum absolute atomic E-state index is 0. The first-order valence-corrected chi connectivity index (χ1v) is 7.05. The highest BCUT2D eigenvalue weighted by Gasteiger charge is 2.29. The van der Waals surface area contributed by atoms with Crippen LogP contribution in [0.25, 0.3) is 0 Å². The first-order chi connectivity index (χ1) is 8.04. The summed E-state index contributed by atoms with van der Waals surface area (Å²) in [5, 5.41) is 3.40. The third-order valence-corrected chi connectivity index (χ3v) is 4.24. The first kappa shape index (κ1) is 17.5. The van der Waals surface area contributed by atoms with Gasteiger partial charge in [-0.25, -0.2) is 0 Å². The second-order valence-corrected chi connectivity index (χ2v) is 5.83. The molecule has 0 aromatic heterocycles. The van der Waals surface area contributed by atoms with Crippen molar-refractivity contribution in [1.29, 1.82) is 0 Å². The van der Waals surface area contributed by atoms with Crippen LogP contribution in [0.3, 0.4) is 0 Å². The van der Waals surface area contributed by atoms with E-state index in [0.717, 1.165) is 25.0 Å². The van der Waals surface area contributed by atoms with Crippen molar-refractivity contribution < 1.29 is 9.59 Å². The van der Waals surface area contributed by atoms with Gasteiger partial charge >= 0.3 is 0 Å². The number of hydrogen-bond donors (Lipinski definition) is 3. The number of amides is 2. The summed E-state index contributed by atoms with van der Waals surface area (Å²) in [5.74, 6) is 0.237. The van der Waals surface area contributed by atoms with Gasteiger partial charge in [0.1, 0.15) is 0 Å². The third-order valence-electron chi connectivity index (χ3n) is 2.92. The molecule has 0 radical (unpaired) electrons. The van der Waals surface area contributed by atoms with Crippen LogP contribution in [0.1, 0.15) is 32.6 Å². The van der Waals surface area contributed by atoms with Crippen LogP contribution in [-0.4, -0.2) is 34.9 Å². The number of carbonyl (C=O) groups is 2. The fraction of sp³-hybridized carbons (Fsp3) is 0.818. The van der Waals surface area contributed by atoms with E-state index >= 15 is 0 Å². The molecule has 1 aliphatic carbocycles. The highest BCUT2D eigenvalue weighted by molar-refractivity contribution is 7.99. The van der Waals surface area contributed by atoms with Gasteiger partial charge < -0.3 is 16.8 Å². The zero-order valence-electron chi connectivity index (χ0n) is 10.6. The highest BCUT2D eigenvalue weighted by Crippen LogP contribution is 2.29. The molecule has 0 heterocycles. The number of halogens is 1. The molecule has 1 saturated carbocycles. The molecule has 7 heteroatoms. The molecule has 0 spiro atoms. The van der Waals surface area contributed by atoms with Crippen molar-refractivity contribution in [2.45, 2.75) is 49.9 Å². The maximum absolute atomic E-state index is 11.7. The lowest BCUT2D eigenvalue weighted by Crippen LogP contribution is -2.48. The van der Waals surface area contributed by atoms with Gasteiger partial charge in [-0.2, -0.15) is 11.8 Å². The Bertz CT molecular complexity index is 291. The number of nitrogens with one attached hydrogen (secondary N) is 1.